The molecule has 2 fully saturated rings. The summed E-state index contributed by atoms with van der Waals surface area (Å²) in [5.74, 6) is 1.26. The highest BCUT2D eigenvalue weighted by Gasteiger charge is 2.40. The monoisotopic (exact) mass is 291 g/mol. The lowest BCUT2D eigenvalue weighted by Gasteiger charge is -2.38. The molecule has 1 aromatic carbocycles. The van der Waals surface area contributed by atoms with E-state index in [1.807, 2.05) is 42.6 Å². The maximum absolute atomic E-state index is 12.7. The summed E-state index contributed by atoms with van der Waals surface area (Å²) in [6, 6.07) is 6.09. The third-order valence-corrected chi connectivity index (χ3v) is 5.67. The molecule has 0 aliphatic carbocycles. The van der Waals surface area contributed by atoms with Crippen LogP contribution >= 0.6 is 11.8 Å². The molecule has 1 spiro atoms. The summed E-state index contributed by atoms with van der Waals surface area (Å²) in [4.78, 5) is 14.6. The number of hydrogen-bond acceptors (Lipinski definition) is 3. The van der Waals surface area contributed by atoms with E-state index in [2.05, 4.69) is 6.07 Å². The zero-order chi connectivity index (χ0) is 14.2. The van der Waals surface area contributed by atoms with Gasteiger partial charge in [0.05, 0.1) is 6.61 Å². The smallest absolute Gasteiger partial charge is 0.254 e. The quantitative estimate of drug-likeness (QED) is 0.796. The van der Waals surface area contributed by atoms with E-state index in [1.54, 1.807) is 0 Å². The van der Waals surface area contributed by atoms with Crippen LogP contribution in [0.4, 0.5) is 0 Å². The minimum atomic E-state index is -0.00156. The molecule has 108 valence electrons. The van der Waals surface area contributed by atoms with Crippen LogP contribution in [0, 0.1) is 13.8 Å². The number of amides is 1. The number of hydrogen-bond donors (Lipinski definition) is 0. The van der Waals surface area contributed by atoms with Gasteiger partial charge in [-0.2, -0.15) is 0 Å². The van der Waals surface area contributed by atoms with Crippen LogP contribution in [0.15, 0.2) is 18.2 Å². The highest BCUT2D eigenvalue weighted by Crippen LogP contribution is 2.41. The van der Waals surface area contributed by atoms with Gasteiger partial charge >= 0.3 is 0 Å². The zero-order valence-electron chi connectivity index (χ0n) is 12.1. The van der Waals surface area contributed by atoms with Gasteiger partial charge in [-0.15, -0.1) is 11.8 Å². The number of nitrogens with zero attached hydrogens (tertiary/aromatic N) is 1. The fourth-order valence-corrected chi connectivity index (χ4v) is 4.15. The number of benzene rings is 1. The number of rotatable bonds is 1. The van der Waals surface area contributed by atoms with Crippen LogP contribution in [0.1, 0.15) is 34.3 Å². The standard InChI is InChI=1S/C16H21NO2S/c1-12-3-4-13(2)14(11-12)15(18)17-7-5-16(6-8-17)19-9-10-20-16/h3-4,11H,5-10H2,1-2H3. The number of carbonyl (C=O) groups excluding carboxylic acids is 1. The first-order valence-corrected chi connectivity index (χ1v) is 8.23. The van der Waals surface area contributed by atoms with Crippen molar-refractivity contribution >= 4 is 17.7 Å². The molecular formula is C16H21NO2S. The molecule has 0 radical (unpaired) electrons. The summed E-state index contributed by atoms with van der Waals surface area (Å²) in [5.41, 5.74) is 3.05. The summed E-state index contributed by atoms with van der Waals surface area (Å²) < 4.78 is 5.88. The summed E-state index contributed by atoms with van der Waals surface area (Å²) in [6.45, 7) is 6.51. The molecule has 0 saturated carbocycles. The fraction of sp³-hybridized carbons (Fsp3) is 0.562. The Morgan fingerprint density at radius 2 is 2.05 bits per heavy atom. The molecule has 0 aromatic heterocycles. The molecule has 4 heteroatoms. The minimum Gasteiger partial charge on any atom is -0.363 e. The highest BCUT2D eigenvalue weighted by atomic mass is 32.2. The van der Waals surface area contributed by atoms with E-state index in [-0.39, 0.29) is 10.8 Å². The number of aryl methyl sites for hydroxylation is 2. The number of thioether (sulfide) groups is 1. The molecular weight excluding hydrogens is 270 g/mol. The molecule has 3 nitrogen and oxygen atoms in total. The van der Waals surface area contributed by atoms with Gasteiger partial charge in [0.2, 0.25) is 0 Å². The Kier molecular flexibility index (Phi) is 3.78. The predicted molar refractivity (Wildman–Crippen MR) is 82.2 cm³/mol. The molecule has 2 heterocycles. The zero-order valence-corrected chi connectivity index (χ0v) is 13.0. The van der Waals surface area contributed by atoms with Crippen molar-refractivity contribution in [1.82, 2.24) is 4.90 Å². The molecule has 2 aliphatic heterocycles. The van der Waals surface area contributed by atoms with Crippen molar-refractivity contribution in [2.24, 2.45) is 0 Å². The van der Waals surface area contributed by atoms with E-state index in [0.29, 0.717) is 0 Å². The SMILES string of the molecule is Cc1ccc(C)c(C(=O)N2CCC3(CC2)OCCS3)c1. The van der Waals surface area contributed by atoms with E-state index in [1.165, 1.54) is 0 Å². The molecule has 3 rings (SSSR count). The molecule has 1 amide bonds. The van der Waals surface area contributed by atoms with Crippen LogP contribution in [0.3, 0.4) is 0 Å². The summed E-state index contributed by atoms with van der Waals surface area (Å²) >= 11 is 1.92. The van der Waals surface area contributed by atoms with Crippen molar-refractivity contribution in [3.63, 3.8) is 0 Å². The lowest BCUT2D eigenvalue weighted by molar-refractivity contribution is 0.00351. The molecule has 2 saturated heterocycles. The van der Waals surface area contributed by atoms with E-state index in [0.717, 1.165) is 55.0 Å². The molecule has 0 unspecified atom stereocenters. The first-order chi connectivity index (χ1) is 9.60. The van der Waals surface area contributed by atoms with Gasteiger partial charge in [-0.25, -0.2) is 0 Å². The molecule has 0 bridgehead atoms. The summed E-state index contributed by atoms with van der Waals surface area (Å²) in [7, 11) is 0. The van der Waals surface area contributed by atoms with Gasteiger partial charge in [-0.3, -0.25) is 4.79 Å². The van der Waals surface area contributed by atoms with Crippen molar-refractivity contribution < 1.29 is 9.53 Å². The maximum Gasteiger partial charge on any atom is 0.254 e. The second-order valence-corrected chi connectivity index (χ2v) is 7.16. The first-order valence-electron chi connectivity index (χ1n) is 7.24. The van der Waals surface area contributed by atoms with Crippen LogP contribution in [-0.2, 0) is 4.74 Å². The predicted octanol–water partition coefficient (Wildman–Crippen LogP) is 3.00. The highest BCUT2D eigenvalue weighted by molar-refractivity contribution is 8.00. The van der Waals surface area contributed by atoms with Crippen LogP contribution < -0.4 is 0 Å². The van der Waals surface area contributed by atoms with Crippen LogP contribution in [-0.4, -0.2) is 41.2 Å². The van der Waals surface area contributed by atoms with Crippen molar-refractivity contribution in [3.8, 4) is 0 Å². The molecule has 20 heavy (non-hydrogen) atoms. The Hall–Kier alpha value is -1.00. The second kappa shape index (κ2) is 5.41. The van der Waals surface area contributed by atoms with Crippen LogP contribution in [0.25, 0.3) is 0 Å². The van der Waals surface area contributed by atoms with Gasteiger partial charge in [0.15, 0.2) is 0 Å². The van der Waals surface area contributed by atoms with Crippen molar-refractivity contribution in [2.75, 3.05) is 25.4 Å². The molecule has 0 atom stereocenters. The van der Waals surface area contributed by atoms with E-state index >= 15 is 0 Å². The maximum atomic E-state index is 12.7. The first kappa shape index (κ1) is 14.0. The average Bonchev–Trinajstić information content (AvgIpc) is 2.90. The third kappa shape index (κ3) is 2.59. The average molecular weight is 291 g/mol. The topological polar surface area (TPSA) is 29.5 Å². The van der Waals surface area contributed by atoms with E-state index in [9.17, 15) is 4.79 Å². The van der Waals surface area contributed by atoms with Gasteiger partial charge in [-0.1, -0.05) is 17.7 Å². The van der Waals surface area contributed by atoms with Gasteiger partial charge < -0.3 is 9.64 Å². The summed E-state index contributed by atoms with van der Waals surface area (Å²) in [5, 5.41) is 0. The van der Waals surface area contributed by atoms with E-state index < -0.39 is 0 Å². The fourth-order valence-electron chi connectivity index (χ4n) is 2.97. The Bertz CT molecular complexity index is 513. The Balaban J connectivity index is 1.71. The Morgan fingerprint density at radius 1 is 1.30 bits per heavy atom. The molecule has 0 N–H and O–H groups in total. The number of carbonyl (C=O) groups is 1. The Labute approximate surface area is 124 Å². The van der Waals surface area contributed by atoms with Crippen LogP contribution in [0.5, 0.6) is 0 Å². The number of piperidine rings is 1. The summed E-state index contributed by atoms with van der Waals surface area (Å²) in [6.07, 6.45) is 1.91. The van der Waals surface area contributed by atoms with Crippen molar-refractivity contribution in [3.05, 3.63) is 34.9 Å². The Morgan fingerprint density at radius 3 is 2.70 bits per heavy atom. The van der Waals surface area contributed by atoms with Crippen molar-refractivity contribution in [1.29, 1.82) is 0 Å². The van der Waals surface area contributed by atoms with Crippen LogP contribution in [0.2, 0.25) is 0 Å². The number of likely N-dealkylation sites (tertiary alicyclic amines) is 1. The normalized spacial score (nSPS) is 21.4. The number of ether oxygens (including phenoxy) is 1. The van der Waals surface area contributed by atoms with Gasteiger partial charge in [0.1, 0.15) is 4.93 Å². The van der Waals surface area contributed by atoms with Gasteiger partial charge in [0, 0.05) is 37.2 Å². The largest absolute Gasteiger partial charge is 0.363 e. The van der Waals surface area contributed by atoms with Gasteiger partial charge in [0.25, 0.3) is 5.91 Å². The third-order valence-electron chi connectivity index (χ3n) is 4.25. The molecule has 1 aromatic rings. The minimum absolute atomic E-state index is 0.00156. The second-order valence-electron chi connectivity index (χ2n) is 5.72. The lowest BCUT2D eigenvalue weighted by Crippen LogP contribution is -2.45. The lowest BCUT2D eigenvalue weighted by atomic mass is 10.0. The van der Waals surface area contributed by atoms with Crippen molar-refractivity contribution in [2.45, 2.75) is 31.6 Å². The molecule has 2 aliphatic rings. The van der Waals surface area contributed by atoms with E-state index in [4.69, 9.17) is 4.74 Å². The van der Waals surface area contributed by atoms with Gasteiger partial charge in [-0.05, 0) is 25.5 Å².